The van der Waals surface area contributed by atoms with E-state index in [1.165, 1.54) is 12.8 Å². The number of amides is 1. The minimum absolute atomic E-state index is 0.0485. The molecule has 1 aliphatic heterocycles. The number of hydrogen-bond acceptors (Lipinski definition) is 7. The molecule has 5 rings (SSSR count). The first-order valence-electron chi connectivity index (χ1n) is 11.5. The van der Waals surface area contributed by atoms with Crippen molar-refractivity contribution in [2.45, 2.75) is 46.1 Å². The van der Waals surface area contributed by atoms with Crippen molar-refractivity contribution in [1.29, 1.82) is 0 Å². The zero-order valence-corrected chi connectivity index (χ0v) is 20.2. The summed E-state index contributed by atoms with van der Waals surface area (Å²) in [6.45, 7) is 8.15. The standard InChI is InChI=1S/C26H28N6O2/c1-15(20-11-27-17(3)28-12-20)31-23-16(2)29-14-30-24(23)19-8-9-22-21(10-19)26(4,25(33)32(22)5)34-13-18-6-7-18/h8-12,14,18H,6-7,13H2,1-5H3/b31-15+. The Hall–Kier alpha value is -3.52. The van der Waals surface area contributed by atoms with Gasteiger partial charge in [-0.15, -0.1) is 0 Å². The van der Waals surface area contributed by atoms with E-state index in [1.54, 1.807) is 30.7 Å². The number of aryl methyl sites for hydroxylation is 2. The molecule has 1 atom stereocenters. The highest BCUT2D eigenvalue weighted by Crippen LogP contribution is 2.45. The molecule has 3 heterocycles. The van der Waals surface area contributed by atoms with E-state index in [0.29, 0.717) is 29.7 Å². The minimum atomic E-state index is -1.01. The molecule has 1 aliphatic carbocycles. The molecular formula is C26H28N6O2. The molecule has 0 N–H and O–H groups in total. The van der Waals surface area contributed by atoms with Crippen molar-refractivity contribution < 1.29 is 9.53 Å². The molecule has 1 saturated carbocycles. The molecule has 8 heteroatoms. The molecule has 2 aliphatic rings. The lowest BCUT2D eigenvalue weighted by Gasteiger charge is -2.24. The minimum Gasteiger partial charge on any atom is -0.360 e. The predicted octanol–water partition coefficient (Wildman–Crippen LogP) is 4.31. The summed E-state index contributed by atoms with van der Waals surface area (Å²) in [5.74, 6) is 1.22. The number of benzene rings is 1. The third-order valence-electron chi connectivity index (χ3n) is 6.65. The van der Waals surface area contributed by atoms with Crippen LogP contribution in [-0.4, -0.2) is 45.2 Å². The zero-order chi connectivity index (χ0) is 24.0. The topological polar surface area (TPSA) is 93.5 Å². The van der Waals surface area contributed by atoms with Gasteiger partial charge < -0.3 is 9.64 Å². The molecule has 0 saturated heterocycles. The second kappa shape index (κ2) is 8.36. The Balaban J connectivity index is 1.57. The van der Waals surface area contributed by atoms with E-state index in [2.05, 4.69) is 19.9 Å². The van der Waals surface area contributed by atoms with E-state index >= 15 is 0 Å². The van der Waals surface area contributed by atoms with Gasteiger partial charge in [-0.3, -0.25) is 4.79 Å². The third-order valence-corrected chi connectivity index (χ3v) is 6.65. The molecule has 2 aromatic heterocycles. The van der Waals surface area contributed by atoms with Crippen LogP contribution in [0.1, 0.15) is 49.3 Å². The molecule has 3 aromatic rings. The normalized spacial score (nSPS) is 20.1. The molecular weight excluding hydrogens is 428 g/mol. The zero-order valence-electron chi connectivity index (χ0n) is 20.2. The molecule has 1 amide bonds. The number of hydrogen-bond donors (Lipinski definition) is 0. The number of likely N-dealkylation sites (N-methyl/N-ethyl adjacent to an activating group) is 1. The highest BCUT2D eigenvalue weighted by atomic mass is 16.5. The van der Waals surface area contributed by atoms with E-state index < -0.39 is 5.60 Å². The Morgan fingerprint density at radius 3 is 2.62 bits per heavy atom. The second-order valence-corrected chi connectivity index (χ2v) is 9.26. The van der Waals surface area contributed by atoms with Gasteiger partial charge in [0, 0.05) is 41.8 Å². The summed E-state index contributed by atoms with van der Waals surface area (Å²) in [7, 11) is 1.80. The summed E-state index contributed by atoms with van der Waals surface area (Å²) in [5.41, 5.74) is 5.31. The van der Waals surface area contributed by atoms with E-state index in [1.807, 2.05) is 45.9 Å². The van der Waals surface area contributed by atoms with Crippen LogP contribution in [0, 0.1) is 19.8 Å². The number of carbonyl (C=O) groups excluding carboxylic acids is 1. The van der Waals surface area contributed by atoms with Crippen LogP contribution >= 0.6 is 0 Å². The Labute approximate surface area is 199 Å². The van der Waals surface area contributed by atoms with Crippen LogP contribution in [0.4, 0.5) is 11.4 Å². The molecule has 8 nitrogen and oxygen atoms in total. The van der Waals surface area contributed by atoms with E-state index in [-0.39, 0.29) is 5.91 Å². The number of aliphatic imine (C=N–C) groups is 1. The summed E-state index contributed by atoms with van der Waals surface area (Å²) in [6.07, 6.45) is 7.40. The van der Waals surface area contributed by atoms with Crippen LogP contribution in [0.25, 0.3) is 11.3 Å². The highest BCUT2D eigenvalue weighted by Gasteiger charge is 2.48. The van der Waals surface area contributed by atoms with Crippen molar-refractivity contribution in [2.24, 2.45) is 10.9 Å². The lowest BCUT2D eigenvalue weighted by atomic mass is 9.94. The van der Waals surface area contributed by atoms with Crippen molar-refractivity contribution in [3.8, 4) is 11.3 Å². The quantitative estimate of drug-likeness (QED) is 0.513. The van der Waals surface area contributed by atoms with E-state index in [0.717, 1.165) is 33.8 Å². The second-order valence-electron chi connectivity index (χ2n) is 9.26. The predicted molar refractivity (Wildman–Crippen MR) is 130 cm³/mol. The third kappa shape index (κ3) is 3.88. The SMILES string of the molecule is C/C(=N\c1c(C)ncnc1-c1ccc2c(c1)C(C)(OCC1CC1)C(=O)N2C)c1cnc(C)nc1. The Kier molecular flexibility index (Phi) is 5.48. The number of anilines is 1. The molecule has 174 valence electrons. The first-order chi connectivity index (χ1) is 16.3. The van der Waals surface area contributed by atoms with Gasteiger partial charge in [0.1, 0.15) is 17.8 Å². The molecule has 0 spiro atoms. The fourth-order valence-corrected chi connectivity index (χ4v) is 4.23. The maximum atomic E-state index is 13.2. The molecule has 0 bridgehead atoms. The van der Waals surface area contributed by atoms with Gasteiger partial charge in [0.15, 0.2) is 5.60 Å². The number of fused-ring (bicyclic) bond motifs is 1. The summed E-state index contributed by atoms with van der Waals surface area (Å²) in [5, 5.41) is 0. The Morgan fingerprint density at radius 2 is 1.91 bits per heavy atom. The van der Waals surface area contributed by atoms with Gasteiger partial charge in [-0.25, -0.2) is 24.9 Å². The van der Waals surface area contributed by atoms with Crippen LogP contribution < -0.4 is 4.90 Å². The van der Waals surface area contributed by atoms with Crippen LogP contribution in [-0.2, 0) is 15.1 Å². The van der Waals surface area contributed by atoms with Crippen molar-refractivity contribution >= 4 is 23.0 Å². The summed E-state index contributed by atoms with van der Waals surface area (Å²) >= 11 is 0. The monoisotopic (exact) mass is 456 g/mol. The molecule has 1 aromatic carbocycles. The van der Waals surface area contributed by atoms with E-state index in [9.17, 15) is 4.79 Å². The first kappa shape index (κ1) is 22.3. The number of nitrogens with zero attached hydrogens (tertiary/aromatic N) is 6. The Bertz CT molecular complexity index is 1300. The van der Waals surface area contributed by atoms with Crippen LogP contribution in [0.3, 0.4) is 0 Å². The fraction of sp³-hybridized carbons (Fsp3) is 0.385. The number of aromatic nitrogens is 4. The summed E-state index contributed by atoms with van der Waals surface area (Å²) < 4.78 is 6.23. The number of rotatable bonds is 6. The van der Waals surface area contributed by atoms with Crippen LogP contribution in [0.2, 0.25) is 0 Å². The lowest BCUT2D eigenvalue weighted by molar-refractivity contribution is -0.141. The molecule has 1 fully saturated rings. The van der Waals surface area contributed by atoms with E-state index in [4.69, 9.17) is 9.73 Å². The van der Waals surface area contributed by atoms with Crippen molar-refractivity contribution in [1.82, 2.24) is 19.9 Å². The van der Waals surface area contributed by atoms with Crippen molar-refractivity contribution in [3.63, 3.8) is 0 Å². The van der Waals surface area contributed by atoms with Gasteiger partial charge in [0.2, 0.25) is 0 Å². The van der Waals surface area contributed by atoms with Gasteiger partial charge in [-0.2, -0.15) is 0 Å². The van der Waals surface area contributed by atoms with Gasteiger partial charge in [-0.1, -0.05) is 6.07 Å². The van der Waals surface area contributed by atoms with Gasteiger partial charge in [0.25, 0.3) is 5.91 Å². The first-order valence-corrected chi connectivity index (χ1v) is 11.5. The highest BCUT2D eigenvalue weighted by molar-refractivity contribution is 6.07. The summed E-state index contributed by atoms with van der Waals surface area (Å²) in [4.78, 5) is 37.2. The number of carbonyl (C=O) groups is 1. The molecule has 1 unspecified atom stereocenters. The summed E-state index contributed by atoms with van der Waals surface area (Å²) in [6, 6.07) is 5.94. The number of ether oxygens (including phenoxy) is 1. The molecule has 0 radical (unpaired) electrons. The largest absolute Gasteiger partial charge is 0.360 e. The average Bonchev–Trinajstić information content (AvgIpc) is 3.65. The fourth-order valence-electron chi connectivity index (χ4n) is 4.23. The van der Waals surface area contributed by atoms with Gasteiger partial charge >= 0.3 is 0 Å². The Morgan fingerprint density at radius 1 is 1.18 bits per heavy atom. The maximum absolute atomic E-state index is 13.2. The lowest BCUT2D eigenvalue weighted by Crippen LogP contribution is -2.38. The molecule has 34 heavy (non-hydrogen) atoms. The maximum Gasteiger partial charge on any atom is 0.263 e. The van der Waals surface area contributed by atoms with Crippen molar-refractivity contribution in [3.05, 3.63) is 59.6 Å². The van der Waals surface area contributed by atoms with Gasteiger partial charge in [0.05, 0.1) is 23.7 Å². The van der Waals surface area contributed by atoms with Crippen molar-refractivity contribution in [2.75, 3.05) is 18.6 Å². The van der Waals surface area contributed by atoms with Crippen LogP contribution in [0.15, 0.2) is 41.9 Å². The van der Waals surface area contributed by atoms with Gasteiger partial charge in [-0.05, 0) is 58.6 Å². The van der Waals surface area contributed by atoms with Crippen LogP contribution in [0.5, 0.6) is 0 Å². The average molecular weight is 457 g/mol. The smallest absolute Gasteiger partial charge is 0.263 e.